The average Bonchev–Trinajstić information content (AvgIpc) is 3.30. The highest BCUT2D eigenvalue weighted by molar-refractivity contribution is 7.96. The van der Waals surface area contributed by atoms with Crippen LogP contribution in [0.25, 0.3) is 0 Å². The van der Waals surface area contributed by atoms with Gasteiger partial charge in [-0.2, -0.15) is 0 Å². The van der Waals surface area contributed by atoms with E-state index in [1.807, 2.05) is 0 Å². The fraction of sp³-hybridized carbons (Fsp3) is 0.861. The molecule has 5 rings (SSSR count). The molecule has 0 unspecified atom stereocenters. The number of fused-ring (bicyclic) bond motifs is 5. The maximum atomic E-state index is 13.0. The molecular weight excluding hydrogens is 560 g/mol. The predicted octanol–water partition coefficient (Wildman–Crippen LogP) is 6.48. The van der Waals surface area contributed by atoms with Crippen LogP contribution in [-0.4, -0.2) is 57.2 Å². The molecule has 0 amide bonds. The van der Waals surface area contributed by atoms with Crippen LogP contribution in [0.15, 0.2) is 23.3 Å². The maximum absolute atomic E-state index is 13.0. The lowest BCUT2D eigenvalue weighted by molar-refractivity contribution is -0.313. The van der Waals surface area contributed by atoms with Crippen molar-refractivity contribution in [2.45, 2.75) is 143 Å². The van der Waals surface area contributed by atoms with E-state index in [0.717, 1.165) is 38.5 Å². The molecule has 1 heterocycles. The highest BCUT2D eigenvalue weighted by Crippen LogP contribution is 2.67. The van der Waals surface area contributed by atoms with Crippen molar-refractivity contribution in [1.29, 1.82) is 0 Å². The fourth-order valence-corrected chi connectivity index (χ4v) is 11.0. The van der Waals surface area contributed by atoms with Gasteiger partial charge in [-0.15, -0.1) is 12.6 Å². The minimum absolute atomic E-state index is 0.0171. The van der Waals surface area contributed by atoms with Crippen LogP contribution in [0.5, 0.6) is 0 Å². The van der Waals surface area contributed by atoms with E-state index in [9.17, 15) is 20.1 Å². The van der Waals surface area contributed by atoms with Gasteiger partial charge in [-0.3, -0.25) is 4.79 Å². The molecule has 0 aromatic heterocycles. The monoisotopic (exact) mass is 618 g/mol. The van der Waals surface area contributed by atoms with Gasteiger partial charge in [0.2, 0.25) is 0 Å². The Morgan fingerprint density at radius 3 is 2.37 bits per heavy atom. The predicted molar refractivity (Wildman–Crippen MR) is 172 cm³/mol. The van der Waals surface area contributed by atoms with Gasteiger partial charge >= 0.3 is 0 Å². The van der Waals surface area contributed by atoms with E-state index in [4.69, 9.17) is 9.47 Å². The third-order valence-electron chi connectivity index (χ3n) is 13.4. The molecule has 3 saturated carbocycles. The van der Waals surface area contributed by atoms with Crippen LogP contribution < -0.4 is 0 Å². The lowest BCUT2D eigenvalue weighted by Gasteiger charge is -2.60. The Balaban J connectivity index is 1.31. The minimum Gasteiger partial charge on any atom is -0.388 e. The Kier molecular flexibility index (Phi) is 10.0. The van der Waals surface area contributed by atoms with Gasteiger partial charge in [-0.1, -0.05) is 57.9 Å². The van der Waals surface area contributed by atoms with Crippen molar-refractivity contribution in [3.63, 3.8) is 0 Å². The normalized spacial score (nSPS) is 47.4. The molecule has 43 heavy (non-hydrogen) atoms. The molecule has 7 heteroatoms. The third-order valence-corrected chi connectivity index (χ3v) is 13.7. The summed E-state index contributed by atoms with van der Waals surface area (Å²) in [6, 6.07) is 0. The summed E-state index contributed by atoms with van der Waals surface area (Å²) >= 11 is 4.46. The quantitative estimate of drug-likeness (QED) is 0.184. The summed E-state index contributed by atoms with van der Waals surface area (Å²) in [5.74, 6) is 2.77. The fourth-order valence-electron chi connectivity index (χ4n) is 10.7. The first kappa shape index (κ1) is 33.7. The molecule has 6 nitrogen and oxygen atoms in total. The second-order valence-electron chi connectivity index (χ2n) is 15.6. The molecule has 1 aliphatic heterocycles. The van der Waals surface area contributed by atoms with Gasteiger partial charge in [0.1, 0.15) is 18.3 Å². The van der Waals surface area contributed by atoms with Crippen molar-refractivity contribution in [3.8, 4) is 0 Å². The molecule has 1 saturated heterocycles. The van der Waals surface area contributed by atoms with Crippen LogP contribution in [0.4, 0.5) is 0 Å². The number of rotatable bonds is 8. The van der Waals surface area contributed by atoms with Gasteiger partial charge in [-0.25, -0.2) is 0 Å². The van der Waals surface area contributed by atoms with E-state index in [1.165, 1.54) is 24.8 Å². The molecular formula is C36H58O6S. The highest BCUT2D eigenvalue weighted by atomic mass is 32.1. The molecule has 0 spiro atoms. The molecule has 0 aromatic rings. The van der Waals surface area contributed by atoms with Crippen LogP contribution in [0.3, 0.4) is 0 Å². The second kappa shape index (κ2) is 12.8. The molecule has 4 aliphatic carbocycles. The van der Waals surface area contributed by atoms with Crippen LogP contribution in [-0.2, 0) is 14.3 Å². The standard InChI is InChI=1S/C36H58O6S/c1-8-22(19(2)3)9-10-24(33(40)43)27-14-13-26-23-11-12-25-20(4)29(42-34-32(39)31(38)30(37)21(5)41-34)16-18-35(25,6)28(23)15-17-36(26,27)7/h8,11,19-21,24-32,34,37-39H,9-10,12-18H2,1-7H3,(H,40,43)/b22-8-/t20-,21-,24+,25-,26-,27+,28-,29-,30-,31+,32-,34-,35-,36-/m0/s1. The van der Waals surface area contributed by atoms with Gasteiger partial charge in [0.25, 0.3) is 0 Å². The summed E-state index contributed by atoms with van der Waals surface area (Å²) < 4.78 is 12.2. The zero-order valence-corrected chi connectivity index (χ0v) is 28.4. The van der Waals surface area contributed by atoms with Crippen molar-refractivity contribution < 1.29 is 29.6 Å². The summed E-state index contributed by atoms with van der Waals surface area (Å²) in [4.78, 5) is 13.0. The van der Waals surface area contributed by atoms with Crippen molar-refractivity contribution >= 4 is 17.7 Å². The first-order valence-corrected chi connectivity index (χ1v) is 17.6. The summed E-state index contributed by atoms with van der Waals surface area (Å²) in [7, 11) is 0. The number of aliphatic hydroxyl groups excluding tert-OH is 3. The molecule has 0 radical (unpaired) electrons. The molecule has 5 aliphatic rings. The van der Waals surface area contributed by atoms with E-state index in [1.54, 1.807) is 12.5 Å². The van der Waals surface area contributed by atoms with Crippen molar-refractivity contribution in [1.82, 2.24) is 0 Å². The van der Waals surface area contributed by atoms with Crippen LogP contribution in [0.1, 0.15) is 106 Å². The first-order chi connectivity index (χ1) is 20.2. The van der Waals surface area contributed by atoms with E-state index in [-0.39, 0.29) is 33.9 Å². The number of thiol groups is 1. The number of hydrogen-bond donors (Lipinski definition) is 4. The van der Waals surface area contributed by atoms with Crippen LogP contribution >= 0.6 is 12.6 Å². The van der Waals surface area contributed by atoms with Crippen LogP contribution in [0.2, 0.25) is 0 Å². The minimum atomic E-state index is -1.28. The number of hydrogen-bond acceptors (Lipinski definition) is 6. The van der Waals surface area contributed by atoms with Crippen LogP contribution in [0, 0.1) is 52.3 Å². The van der Waals surface area contributed by atoms with E-state index in [2.05, 4.69) is 66.3 Å². The topological polar surface area (TPSA) is 96.2 Å². The zero-order chi connectivity index (χ0) is 31.4. The number of carbonyl (C=O) groups excluding carboxylic acids is 1. The van der Waals surface area contributed by atoms with Gasteiger partial charge in [0.05, 0.1) is 12.2 Å². The van der Waals surface area contributed by atoms with Gasteiger partial charge in [0, 0.05) is 5.92 Å². The number of carbonyl (C=O) groups is 1. The Morgan fingerprint density at radius 1 is 1.05 bits per heavy atom. The average molecular weight is 619 g/mol. The third kappa shape index (κ3) is 5.86. The summed E-state index contributed by atoms with van der Waals surface area (Å²) in [5.41, 5.74) is 3.44. The van der Waals surface area contributed by atoms with Gasteiger partial charge in [-0.05, 0) is 118 Å². The first-order valence-electron chi connectivity index (χ1n) is 17.2. The SMILES string of the molecule is C/C=C(/CC[C@@H](C(=O)S)[C@H]1CC[C@H]2C3=CC[C@H]4[C@H](C)[C@@H](O[C@@H]5O[C@@H](C)[C@H](O)[C@@H](O)[C@@H]5O)CC[C@]4(C)[C@H]3CC[C@]12C)C(C)C. The van der Waals surface area contributed by atoms with E-state index < -0.39 is 30.7 Å². The molecule has 0 aromatic carbocycles. The number of aliphatic hydroxyl groups is 3. The molecule has 244 valence electrons. The highest BCUT2D eigenvalue weighted by Gasteiger charge is 2.60. The van der Waals surface area contributed by atoms with Gasteiger partial charge < -0.3 is 24.8 Å². The largest absolute Gasteiger partial charge is 0.388 e. The Labute approximate surface area is 265 Å². The Morgan fingerprint density at radius 2 is 1.72 bits per heavy atom. The Bertz CT molecular complexity index is 1090. The summed E-state index contributed by atoms with van der Waals surface area (Å²) in [6.45, 7) is 15.6. The van der Waals surface area contributed by atoms with Gasteiger partial charge in [0.15, 0.2) is 11.4 Å². The maximum Gasteiger partial charge on any atom is 0.189 e. The Hall–Kier alpha value is -0.700. The van der Waals surface area contributed by atoms with E-state index >= 15 is 0 Å². The van der Waals surface area contributed by atoms with Crippen molar-refractivity contribution in [2.75, 3.05) is 0 Å². The molecule has 14 atom stereocenters. The molecule has 4 fully saturated rings. The smallest absolute Gasteiger partial charge is 0.189 e. The van der Waals surface area contributed by atoms with Crippen molar-refractivity contribution in [3.05, 3.63) is 23.3 Å². The van der Waals surface area contributed by atoms with E-state index in [0.29, 0.717) is 29.6 Å². The zero-order valence-electron chi connectivity index (χ0n) is 27.5. The number of allylic oxidation sites excluding steroid dienone is 4. The van der Waals surface area contributed by atoms with Crippen molar-refractivity contribution in [2.24, 2.45) is 52.3 Å². The lowest BCUT2D eigenvalue weighted by atomic mass is 9.46. The second-order valence-corrected chi connectivity index (χ2v) is 16.1. The lowest BCUT2D eigenvalue weighted by Crippen LogP contribution is -2.59. The summed E-state index contributed by atoms with van der Waals surface area (Å²) in [5, 5.41) is 31.1. The summed E-state index contributed by atoms with van der Waals surface area (Å²) in [6.07, 6.45) is 9.04. The molecule has 3 N–H and O–H groups in total. The number of ether oxygens (including phenoxy) is 2. The molecule has 0 bridgehead atoms.